The molecule has 0 aliphatic heterocycles. The fourth-order valence-electron chi connectivity index (χ4n) is 2.76. The summed E-state index contributed by atoms with van der Waals surface area (Å²) in [5.41, 5.74) is 2.28. The van der Waals surface area contributed by atoms with E-state index in [-0.39, 0.29) is 5.39 Å². The molecule has 0 aliphatic rings. The van der Waals surface area contributed by atoms with Crippen LogP contribution < -0.4 is 5.14 Å². The molecular weight excluding hydrogens is 355 g/mol. The topological polar surface area (TPSA) is 105 Å². The van der Waals surface area contributed by atoms with E-state index >= 15 is 0 Å². The Morgan fingerprint density at radius 3 is 2.62 bits per heavy atom. The Labute approximate surface area is 140 Å². The third-order valence-corrected chi connectivity index (χ3v) is 4.99. The molecule has 0 fully saturated rings. The zero-order valence-corrected chi connectivity index (χ0v) is 13.5. The Bertz CT molecular complexity index is 1210. The second-order valence-corrected chi connectivity index (χ2v) is 7.26. The zero-order valence-electron chi connectivity index (χ0n) is 12.0. The number of primary sulfonamides is 1. The summed E-state index contributed by atoms with van der Waals surface area (Å²) >= 11 is 5.95. The van der Waals surface area contributed by atoms with Crippen molar-refractivity contribution in [2.24, 2.45) is 5.14 Å². The van der Waals surface area contributed by atoms with E-state index in [1.807, 2.05) is 0 Å². The molecule has 122 valence electrons. The van der Waals surface area contributed by atoms with E-state index in [1.54, 1.807) is 18.2 Å². The first kappa shape index (κ1) is 15.1. The van der Waals surface area contributed by atoms with Gasteiger partial charge in [-0.2, -0.15) is 5.10 Å². The maximum atomic E-state index is 14.0. The second kappa shape index (κ2) is 5.04. The smallest absolute Gasteiger partial charge is 0.241 e. The minimum atomic E-state index is -4.20. The third-order valence-electron chi connectivity index (χ3n) is 3.77. The molecule has 0 aliphatic carbocycles. The fraction of sp³-hybridized carbons (Fsp3) is 0. The maximum Gasteiger partial charge on any atom is 0.241 e. The lowest BCUT2D eigenvalue weighted by Gasteiger charge is -2.01. The van der Waals surface area contributed by atoms with Crippen LogP contribution in [0.1, 0.15) is 0 Å². The van der Waals surface area contributed by atoms with E-state index in [4.69, 9.17) is 16.7 Å². The molecule has 0 atom stereocenters. The summed E-state index contributed by atoms with van der Waals surface area (Å²) in [6.07, 6.45) is 0. The molecule has 0 radical (unpaired) electrons. The van der Waals surface area contributed by atoms with Crippen molar-refractivity contribution in [2.75, 3.05) is 0 Å². The molecule has 0 unspecified atom stereocenters. The number of hydrogen-bond acceptors (Lipinski definition) is 3. The number of aromatic amines is 2. The molecule has 2 aromatic carbocycles. The van der Waals surface area contributed by atoms with E-state index in [0.29, 0.717) is 21.9 Å². The van der Waals surface area contributed by atoms with Crippen molar-refractivity contribution < 1.29 is 12.8 Å². The molecule has 4 N–H and O–H groups in total. The van der Waals surface area contributed by atoms with Crippen LogP contribution in [0, 0.1) is 5.82 Å². The lowest BCUT2D eigenvalue weighted by atomic mass is 10.1. The SMILES string of the molecule is NS(=O)(=O)c1c(F)ccc2[nH]c(-c3n[nH]c4cc(Cl)ccc34)cc12. The molecule has 4 aromatic rings. The van der Waals surface area contributed by atoms with Gasteiger partial charge in [0.1, 0.15) is 16.4 Å². The number of H-pyrrole nitrogens is 2. The van der Waals surface area contributed by atoms with E-state index in [0.717, 1.165) is 17.0 Å². The Morgan fingerprint density at radius 2 is 1.88 bits per heavy atom. The Hall–Kier alpha value is -2.42. The summed E-state index contributed by atoms with van der Waals surface area (Å²) in [4.78, 5) is 2.51. The van der Waals surface area contributed by atoms with Crippen molar-refractivity contribution in [2.45, 2.75) is 4.90 Å². The lowest BCUT2D eigenvalue weighted by molar-refractivity contribution is 0.571. The number of sulfonamides is 1. The molecule has 0 saturated carbocycles. The number of rotatable bonds is 2. The van der Waals surface area contributed by atoms with Crippen molar-refractivity contribution in [3.63, 3.8) is 0 Å². The van der Waals surface area contributed by atoms with Gasteiger partial charge in [0.2, 0.25) is 10.0 Å². The number of nitrogens with zero attached hydrogens (tertiary/aromatic N) is 1. The molecule has 0 bridgehead atoms. The van der Waals surface area contributed by atoms with Crippen molar-refractivity contribution >= 4 is 43.4 Å². The van der Waals surface area contributed by atoms with Crippen LogP contribution in [0.5, 0.6) is 0 Å². The molecule has 0 saturated heterocycles. The van der Waals surface area contributed by atoms with Crippen LogP contribution in [0.4, 0.5) is 4.39 Å². The summed E-state index contributed by atoms with van der Waals surface area (Å²) < 4.78 is 37.4. The number of fused-ring (bicyclic) bond motifs is 2. The third kappa shape index (κ3) is 2.27. The second-order valence-electron chi connectivity index (χ2n) is 5.33. The van der Waals surface area contributed by atoms with Gasteiger partial charge in [-0.1, -0.05) is 11.6 Å². The molecule has 24 heavy (non-hydrogen) atoms. The number of halogens is 2. The summed E-state index contributed by atoms with van der Waals surface area (Å²) in [5.74, 6) is -0.894. The molecule has 0 spiro atoms. The monoisotopic (exact) mass is 364 g/mol. The molecular formula is C15H10ClFN4O2S. The molecule has 2 aromatic heterocycles. The van der Waals surface area contributed by atoms with Crippen molar-refractivity contribution in [3.05, 3.63) is 47.2 Å². The van der Waals surface area contributed by atoms with Gasteiger partial charge in [0, 0.05) is 21.3 Å². The highest BCUT2D eigenvalue weighted by molar-refractivity contribution is 7.89. The number of nitrogens with one attached hydrogen (secondary N) is 2. The van der Waals surface area contributed by atoms with Crippen molar-refractivity contribution in [3.8, 4) is 11.4 Å². The number of benzene rings is 2. The van der Waals surface area contributed by atoms with Crippen LogP contribution in [0.15, 0.2) is 41.3 Å². The minimum absolute atomic E-state index is 0.178. The highest BCUT2D eigenvalue weighted by Gasteiger charge is 2.21. The van der Waals surface area contributed by atoms with Gasteiger partial charge in [-0.15, -0.1) is 0 Å². The number of hydrogen-bond donors (Lipinski definition) is 3. The summed E-state index contributed by atoms with van der Waals surface area (Å²) in [6.45, 7) is 0. The molecule has 6 nitrogen and oxygen atoms in total. The first-order valence-corrected chi connectivity index (χ1v) is 8.75. The Morgan fingerprint density at radius 1 is 1.08 bits per heavy atom. The maximum absolute atomic E-state index is 14.0. The highest BCUT2D eigenvalue weighted by atomic mass is 35.5. The molecule has 0 amide bonds. The van der Waals surface area contributed by atoms with Crippen LogP contribution in [-0.4, -0.2) is 23.6 Å². The normalized spacial score (nSPS) is 12.3. The summed E-state index contributed by atoms with van der Waals surface area (Å²) in [6, 6.07) is 9.28. The zero-order chi connectivity index (χ0) is 17.1. The largest absolute Gasteiger partial charge is 0.353 e. The Balaban J connectivity index is 2.01. The molecule has 2 heterocycles. The van der Waals surface area contributed by atoms with Crippen molar-refractivity contribution in [1.29, 1.82) is 0 Å². The average Bonchev–Trinajstić information content (AvgIpc) is 3.08. The van der Waals surface area contributed by atoms with Crippen LogP contribution in [-0.2, 0) is 10.0 Å². The van der Waals surface area contributed by atoms with Gasteiger partial charge in [-0.25, -0.2) is 17.9 Å². The lowest BCUT2D eigenvalue weighted by Crippen LogP contribution is -2.14. The standard InChI is InChI=1S/C15H10ClFN4O2S/c16-7-1-2-8-12(5-7)20-21-14(8)13-6-9-11(19-13)4-3-10(17)15(9)24(18,22)23/h1-6,19H,(H,20,21)(H2,18,22,23). The van der Waals surface area contributed by atoms with Crippen LogP contribution in [0.2, 0.25) is 5.02 Å². The van der Waals surface area contributed by atoms with E-state index in [9.17, 15) is 12.8 Å². The van der Waals surface area contributed by atoms with Crippen LogP contribution in [0.3, 0.4) is 0 Å². The van der Waals surface area contributed by atoms with Gasteiger partial charge in [0.05, 0.1) is 11.2 Å². The summed E-state index contributed by atoms with van der Waals surface area (Å²) in [5, 5.41) is 13.8. The molecule has 4 rings (SSSR count). The molecule has 9 heteroatoms. The predicted octanol–water partition coefficient (Wildman–Crippen LogP) is 3.15. The fourth-order valence-corrected chi connectivity index (χ4v) is 3.75. The van der Waals surface area contributed by atoms with Crippen molar-refractivity contribution in [1.82, 2.24) is 15.2 Å². The van der Waals surface area contributed by atoms with Gasteiger partial charge < -0.3 is 4.98 Å². The van der Waals surface area contributed by atoms with E-state index in [1.165, 1.54) is 12.1 Å². The van der Waals surface area contributed by atoms with Gasteiger partial charge in [0.15, 0.2) is 0 Å². The van der Waals surface area contributed by atoms with E-state index in [2.05, 4.69) is 15.2 Å². The first-order chi connectivity index (χ1) is 11.3. The van der Waals surface area contributed by atoms with Gasteiger partial charge >= 0.3 is 0 Å². The minimum Gasteiger partial charge on any atom is -0.353 e. The predicted molar refractivity (Wildman–Crippen MR) is 89.7 cm³/mol. The highest BCUT2D eigenvalue weighted by Crippen LogP contribution is 2.32. The van der Waals surface area contributed by atoms with Gasteiger partial charge in [-0.05, 0) is 36.4 Å². The van der Waals surface area contributed by atoms with Crippen LogP contribution >= 0.6 is 11.6 Å². The van der Waals surface area contributed by atoms with Gasteiger partial charge in [-0.3, -0.25) is 5.10 Å². The quantitative estimate of drug-likeness (QED) is 0.508. The summed E-state index contributed by atoms with van der Waals surface area (Å²) in [7, 11) is -4.20. The van der Waals surface area contributed by atoms with E-state index < -0.39 is 20.7 Å². The average molecular weight is 365 g/mol. The number of aromatic nitrogens is 3. The first-order valence-electron chi connectivity index (χ1n) is 6.82. The van der Waals surface area contributed by atoms with Gasteiger partial charge in [0.25, 0.3) is 0 Å². The Kier molecular flexibility index (Phi) is 3.17. The number of nitrogens with two attached hydrogens (primary N) is 1. The van der Waals surface area contributed by atoms with Crippen LogP contribution in [0.25, 0.3) is 33.2 Å².